The Labute approximate surface area is 96.3 Å². The van der Waals surface area contributed by atoms with Crippen molar-refractivity contribution < 1.29 is 0 Å². The van der Waals surface area contributed by atoms with E-state index in [-0.39, 0.29) is 0 Å². The van der Waals surface area contributed by atoms with Crippen LogP contribution in [0.15, 0.2) is 11.2 Å². The summed E-state index contributed by atoms with van der Waals surface area (Å²) in [5, 5.41) is 6.73. The van der Waals surface area contributed by atoms with Crippen molar-refractivity contribution in [1.29, 1.82) is 0 Å². The van der Waals surface area contributed by atoms with Gasteiger partial charge in [-0.3, -0.25) is 0 Å². The van der Waals surface area contributed by atoms with Gasteiger partial charge in [-0.1, -0.05) is 0 Å². The van der Waals surface area contributed by atoms with Gasteiger partial charge < -0.3 is 5.43 Å². The van der Waals surface area contributed by atoms with Gasteiger partial charge in [0, 0.05) is 12.6 Å². The minimum absolute atomic E-state index is 1.02. The molecule has 0 aliphatic carbocycles. The molecule has 82 valence electrons. The van der Waals surface area contributed by atoms with Gasteiger partial charge in [-0.25, -0.2) is 0 Å². The molecule has 0 saturated carbocycles. The van der Waals surface area contributed by atoms with Crippen molar-refractivity contribution in [2.45, 2.75) is 20.8 Å². The number of nitrogens with one attached hydrogen (secondary N) is 1. The van der Waals surface area contributed by atoms with E-state index in [1.54, 1.807) is 0 Å². The molecule has 0 fully saturated rings. The van der Waals surface area contributed by atoms with Gasteiger partial charge in [-0.05, 0) is 48.6 Å². The molecular formula is C11H18N2P2. The summed E-state index contributed by atoms with van der Waals surface area (Å²) in [4.78, 5) is 0. The molecule has 1 aromatic rings. The predicted molar refractivity (Wildman–Crippen MR) is 75.9 cm³/mol. The van der Waals surface area contributed by atoms with Crippen LogP contribution in [-0.2, 0) is 0 Å². The summed E-state index contributed by atoms with van der Waals surface area (Å²) in [6.45, 7) is 6.26. The van der Waals surface area contributed by atoms with Crippen molar-refractivity contribution in [3.8, 4) is 0 Å². The van der Waals surface area contributed by atoms with Crippen LogP contribution in [0.2, 0.25) is 0 Å². The zero-order chi connectivity index (χ0) is 11.6. The second kappa shape index (κ2) is 5.05. The summed E-state index contributed by atoms with van der Waals surface area (Å²) >= 11 is 0. The number of benzene rings is 1. The van der Waals surface area contributed by atoms with Crippen molar-refractivity contribution >= 4 is 34.8 Å². The van der Waals surface area contributed by atoms with Gasteiger partial charge in [-0.2, -0.15) is 5.10 Å². The second-order valence-corrected chi connectivity index (χ2v) is 4.77. The Balaban J connectivity index is 3.39. The molecule has 1 rings (SSSR count). The van der Waals surface area contributed by atoms with Crippen LogP contribution >= 0.6 is 18.5 Å². The normalized spacial score (nSPS) is 11.7. The lowest BCUT2D eigenvalue weighted by Crippen LogP contribution is -2.21. The first-order chi connectivity index (χ1) is 6.99. The van der Waals surface area contributed by atoms with Crippen molar-refractivity contribution in [2.75, 3.05) is 7.05 Å². The number of rotatable bonds is 2. The summed E-state index contributed by atoms with van der Waals surface area (Å²) in [5.74, 6) is 0. The molecule has 0 radical (unpaired) electrons. The minimum atomic E-state index is 1.02. The molecule has 15 heavy (non-hydrogen) atoms. The molecule has 0 aromatic heterocycles. The lowest BCUT2D eigenvalue weighted by Gasteiger charge is -2.13. The Morgan fingerprint density at radius 1 is 1.27 bits per heavy atom. The molecule has 2 nitrogen and oxygen atoms in total. The van der Waals surface area contributed by atoms with Crippen LogP contribution in [0.1, 0.15) is 23.6 Å². The highest BCUT2D eigenvalue weighted by Gasteiger charge is 2.09. The Bertz CT molecular complexity index is 412. The van der Waals surface area contributed by atoms with Gasteiger partial charge in [0.15, 0.2) is 0 Å². The van der Waals surface area contributed by atoms with Crippen LogP contribution < -0.4 is 16.0 Å². The average molecular weight is 240 g/mol. The Kier molecular flexibility index (Phi) is 4.25. The minimum Gasteiger partial charge on any atom is -0.313 e. The summed E-state index contributed by atoms with van der Waals surface area (Å²) < 4.78 is 0. The van der Waals surface area contributed by atoms with E-state index in [9.17, 15) is 0 Å². The number of aryl methyl sites for hydroxylation is 1. The van der Waals surface area contributed by atoms with E-state index in [0.717, 1.165) is 5.71 Å². The van der Waals surface area contributed by atoms with Crippen LogP contribution in [0.4, 0.5) is 0 Å². The molecule has 0 amide bonds. The number of hydrogen-bond donors (Lipinski definition) is 1. The third kappa shape index (κ3) is 2.56. The molecule has 1 N–H and O–H groups in total. The number of hydrogen-bond acceptors (Lipinski definition) is 2. The molecule has 0 heterocycles. The highest BCUT2D eigenvalue weighted by Crippen LogP contribution is 2.13. The zero-order valence-electron chi connectivity index (χ0n) is 9.68. The van der Waals surface area contributed by atoms with Crippen LogP contribution in [0, 0.1) is 13.8 Å². The Hall–Kier alpha value is -0.450. The maximum Gasteiger partial charge on any atom is 0.0647 e. The van der Waals surface area contributed by atoms with E-state index >= 15 is 0 Å². The van der Waals surface area contributed by atoms with Gasteiger partial charge in [0.05, 0.1) is 5.71 Å². The summed E-state index contributed by atoms with van der Waals surface area (Å²) in [5.41, 5.74) is 7.59. The topological polar surface area (TPSA) is 24.4 Å². The molecule has 2 atom stereocenters. The lowest BCUT2D eigenvalue weighted by atomic mass is 10.0. The molecule has 0 aliphatic heterocycles. The Morgan fingerprint density at radius 3 is 2.40 bits per heavy atom. The van der Waals surface area contributed by atoms with Crippen molar-refractivity contribution in [3.63, 3.8) is 0 Å². The number of hydrazone groups is 1. The number of nitrogens with zero attached hydrogens (tertiary/aromatic N) is 1. The molecule has 2 unspecified atom stereocenters. The Morgan fingerprint density at radius 2 is 1.87 bits per heavy atom. The zero-order valence-corrected chi connectivity index (χ0v) is 12.0. The fraction of sp³-hybridized carbons (Fsp3) is 0.364. The first-order valence-corrected chi connectivity index (χ1v) is 6.01. The first-order valence-electron chi connectivity index (χ1n) is 4.85. The maximum atomic E-state index is 4.22. The van der Waals surface area contributed by atoms with Crippen LogP contribution in [0.5, 0.6) is 0 Å². The predicted octanol–water partition coefficient (Wildman–Crippen LogP) is 1.25. The molecule has 1 aromatic carbocycles. The van der Waals surface area contributed by atoms with Crippen LogP contribution in [0.25, 0.3) is 0 Å². The fourth-order valence-corrected chi connectivity index (χ4v) is 2.25. The van der Waals surface area contributed by atoms with Crippen molar-refractivity contribution in [3.05, 3.63) is 22.8 Å². The summed E-state index contributed by atoms with van der Waals surface area (Å²) in [7, 11) is 7.40. The van der Waals surface area contributed by atoms with Gasteiger partial charge in [0.2, 0.25) is 0 Å². The third-order valence-electron chi connectivity index (χ3n) is 2.55. The van der Waals surface area contributed by atoms with Crippen LogP contribution in [-0.4, -0.2) is 12.8 Å². The summed E-state index contributed by atoms with van der Waals surface area (Å²) in [6.07, 6.45) is 0. The van der Waals surface area contributed by atoms with Crippen molar-refractivity contribution in [1.82, 2.24) is 5.43 Å². The maximum absolute atomic E-state index is 4.22. The van der Waals surface area contributed by atoms with E-state index in [0.29, 0.717) is 0 Å². The molecular weight excluding hydrogens is 222 g/mol. The van der Waals surface area contributed by atoms with E-state index in [4.69, 9.17) is 0 Å². The van der Waals surface area contributed by atoms with Gasteiger partial charge in [-0.15, -0.1) is 18.5 Å². The quantitative estimate of drug-likeness (QED) is 0.469. The SMILES string of the molecule is CN/N=C(\C)c1cc(C)c(P)c(P)c1C. The van der Waals surface area contributed by atoms with Gasteiger partial charge >= 0.3 is 0 Å². The lowest BCUT2D eigenvalue weighted by molar-refractivity contribution is 0.899. The second-order valence-electron chi connectivity index (χ2n) is 3.61. The first kappa shape index (κ1) is 12.6. The largest absolute Gasteiger partial charge is 0.313 e. The molecule has 0 aliphatic rings. The third-order valence-corrected chi connectivity index (χ3v) is 4.40. The monoisotopic (exact) mass is 240 g/mol. The van der Waals surface area contributed by atoms with Gasteiger partial charge in [0.25, 0.3) is 0 Å². The summed E-state index contributed by atoms with van der Waals surface area (Å²) in [6, 6.07) is 2.18. The molecule has 0 saturated heterocycles. The highest BCUT2D eigenvalue weighted by molar-refractivity contribution is 7.36. The van der Waals surface area contributed by atoms with Gasteiger partial charge in [0.1, 0.15) is 0 Å². The highest BCUT2D eigenvalue weighted by atomic mass is 31.0. The standard InChI is InChI=1S/C11H18N2P2/c1-6-5-9(8(3)13-12-4)7(2)11(15)10(6)14/h5,12H,14-15H2,1-4H3/b13-8+. The van der Waals surface area contributed by atoms with E-state index < -0.39 is 0 Å². The van der Waals surface area contributed by atoms with E-state index in [2.05, 4.69) is 48.9 Å². The smallest absolute Gasteiger partial charge is 0.0647 e. The average Bonchev–Trinajstić information content (AvgIpc) is 2.20. The molecule has 4 heteroatoms. The van der Waals surface area contributed by atoms with E-state index in [1.165, 1.54) is 27.3 Å². The molecule has 0 bridgehead atoms. The van der Waals surface area contributed by atoms with E-state index in [1.807, 2.05) is 14.0 Å². The molecule has 0 spiro atoms. The van der Waals surface area contributed by atoms with Crippen molar-refractivity contribution in [2.24, 2.45) is 5.10 Å². The fourth-order valence-electron chi connectivity index (χ4n) is 1.57. The van der Waals surface area contributed by atoms with Crippen LogP contribution in [0.3, 0.4) is 0 Å².